The number of hydrogen-bond acceptors (Lipinski definition) is 2. The molecule has 1 unspecified atom stereocenters. The van der Waals surface area contributed by atoms with E-state index in [1.54, 1.807) is 24.3 Å². The number of nitrogens with zero attached hydrogens (tertiary/aromatic N) is 1. The minimum Gasteiger partial charge on any atom is -0.252 e. The number of fused-ring (bicyclic) bond motifs is 1. The van der Waals surface area contributed by atoms with E-state index in [0.717, 1.165) is 16.5 Å². The lowest BCUT2D eigenvalue weighted by atomic mass is 10.2. The molecule has 0 N–H and O–H groups in total. The van der Waals surface area contributed by atoms with Crippen molar-refractivity contribution < 1.29 is 4.21 Å². The van der Waals surface area contributed by atoms with E-state index >= 15 is 0 Å². The Morgan fingerprint density at radius 2 is 1.62 bits per heavy atom. The minimum absolute atomic E-state index is 0.420. The average Bonchev–Trinajstić information content (AvgIpc) is 2.49. The summed E-state index contributed by atoms with van der Waals surface area (Å²) in [7, 11) is -1.19. The first kappa shape index (κ1) is 14.5. The molecule has 1 heterocycles. The molecule has 1 atom stereocenters. The van der Waals surface area contributed by atoms with Gasteiger partial charge in [0.05, 0.1) is 22.1 Å². The second kappa shape index (κ2) is 6.14. The van der Waals surface area contributed by atoms with Gasteiger partial charge in [0.15, 0.2) is 0 Å². The number of benzene rings is 2. The molecule has 2 nitrogen and oxygen atoms in total. The van der Waals surface area contributed by atoms with E-state index in [9.17, 15) is 4.21 Å². The molecule has 0 bridgehead atoms. The quantitative estimate of drug-likeness (QED) is 0.684. The van der Waals surface area contributed by atoms with Crippen molar-refractivity contribution in [2.75, 3.05) is 0 Å². The van der Waals surface area contributed by atoms with E-state index in [1.165, 1.54) is 0 Å². The van der Waals surface area contributed by atoms with Gasteiger partial charge in [0.2, 0.25) is 0 Å². The summed E-state index contributed by atoms with van der Waals surface area (Å²) < 4.78 is 12.4. The van der Waals surface area contributed by atoms with Crippen molar-refractivity contribution in [2.24, 2.45) is 0 Å². The topological polar surface area (TPSA) is 30.0 Å². The van der Waals surface area contributed by atoms with Crippen LogP contribution in [0.3, 0.4) is 0 Å². The zero-order chi connectivity index (χ0) is 14.8. The zero-order valence-corrected chi connectivity index (χ0v) is 13.3. The maximum Gasteiger partial charge on any atom is 0.128 e. The van der Waals surface area contributed by atoms with E-state index in [1.807, 2.05) is 30.3 Å². The van der Waals surface area contributed by atoms with Crippen molar-refractivity contribution in [1.82, 2.24) is 4.98 Å². The maximum atomic E-state index is 12.4. The third kappa shape index (κ3) is 3.43. The monoisotopic (exact) mass is 335 g/mol. The first-order valence-corrected chi connectivity index (χ1v) is 8.38. The Hall–Kier alpha value is -1.42. The van der Waals surface area contributed by atoms with E-state index < -0.39 is 10.8 Å². The van der Waals surface area contributed by atoms with Gasteiger partial charge in [-0.25, -0.2) is 4.98 Å². The van der Waals surface area contributed by atoms with Gasteiger partial charge in [-0.3, -0.25) is 4.21 Å². The molecule has 0 aliphatic carbocycles. The van der Waals surface area contributed by atoms with E-state index in [4.69, 9.17) is 23.2 Å². The molecule has 0 fully saturated rings. The van der Waals surface area contributed by atoms with Crippen LogP contribution in [0, 0.1) is 0 Å². The fourth-order valence-electron chi connectivity index (χ4n) is 2.01. The first-order valence-electron chi connectivity index (χ1n) is 6.31. The molecule has 0 amide bonds. The predicted octanol–water partition coefficient (Wildman–Crippen LogP) is 4.85. The van der Waals surface area contributed by atoms with Gasteiger partial charge < -0.3 is 0 Å². The van der Waals surface area contributed by atoms with Crippen molar-refractivity contribution in [1.29, 1.82) is 0 Å². The predicted molar refractivity (Wildman–Crippen MR) is 88.3 cm³/mol. The SMILES string of the molecule is O=S(Cc1ccc(Cl)cc1)c1ccc2cc(Cl)ccc2n1. The minimum atomic E-state index is -1.19. The van der Waals surface area contributed by atoms with Crippen molar-refractivity contribution in [2.45, 2.75) is 10.8 Å². The van der Waals surface area contributed by atoms with Crippen LogP contribution in [0.25, 0.3) is 10.9 Å². The van der Waals surface area contributed by atoms with Crippen molar-refractivity contribution in [3.8, 4) is 0 Å². The number of halogens is 2. The molecule has 5 heteroatoms. The normalized spacial score (nSPS) is 12.5. The average molecular weight is 336 g/mol. The molecule has 0 aliphatic rings. The lowest BCUT2D eigenvalue weighted by Gasteiger charge is -2.04. The number of hydrogen-bond donors (Lipinski definition) is 0. The Balaban J connectivity index is 1.87. The highest BCUT2D eigenvalue weighted by atomic mass is 35.5. The molecule has 0 radical (unpaired) electrons. The highest BCUT2D eigenvalue weighted by molar-refractivity contribution is 7.84. The largest absolute Gasteiger partial charge is 0.252 e. The molecule has 0 spiro atoms. The Morgan fingerprint density at radius 1 is 0.905 bits per heavy atom. The van der Waals surface area contributed by atoms with Crippen molar-refractivity contribution in [3.63, 3.8) is 0 Å². The Labute approximate surface area is 135 Å². The lowest BCUT2D eigenvalue weighted by Crippen LogP contribution is -1.99. The van der Waals surface area contributed by atoms with Crippen LogP contribution in [-0.4, -0.2) is 9.19 Å². The summed E-state index contributed by atoms with van der Waals surface area (Å²) in [5.74, 6) is 0.420. The van der Waals surface area contributed by atoms with E-state index in [-0.39, 0.29) is 0 Å². The standard InChI is InChI=1S/C16H11Cl2NOS/c17-13-4-1-11(2-5-13)10-21(20)16-8-3-12-9-14(18)6-7-15(12)19-16/h1-9H,10H2. The third-order valence-corrected chi connectivity index (χ3v) is 4.85. The Morgan fingerprint density at radius 3 is 2.38 bits per heavy atom. The fourth-order valence-corrected chi connectivity index (χ4v) is 3.38. The first-order chi connectivity index (χ1) is 10.1. The second-order valence-electron chi connectivity index (χ2n) is 4.60. The highest BCUT2D eigenvalue weighted by Crippen LogP contribution is 2.20. The molecular weight excluding hydrogens is 325 g/mol. The molecule has 0 saturated carbocycles. The summed E-state index contributed by atoms with van der Waals surface area (Å²) >= 11 is 11.8. The smallest absolute Gasteiger partial charge is 0.128 e. The highest BCUT2D eigenvalue weighted by Gasteiger charge is 2.08. The number of pyridine rings is 1. The van der Waals surface area contributed by atoms with Crippen LogP contribution in [0.2, 0.25) is 10.0 Å². The van der Waals surface area contributed by atoms with Gasteiger partial charge in [-0.2, -0.15) is 0 Å². The van der Waals surface area contributed by atoms with Gasteiger partial charge in [0.1, 0.15) is 5.03 Å². The van der Waals surface area contributed by atoms with Gasteiger partial charge in [-0.05, 0) is 48.0 Å². The molecular formula is C16H11Cl2NOS. The van der Waals surface area contributed by atoms with Crippen LogP contribution in [0.5, 0.6) is 0 Å². The number of aromatic nitrogens is 1. The van der Waals surface area contributed by atoms with Gasteiger partial charge in [0, 0.05) is 15.4 Å². The maximum absolute atomic E-state index is 12.4. The molecule has 0 aliphatic heterocycles. The van der Waals surface area contributed by atoms with Crippen LogP contribution in [-0.2, 0) is 16.6 Å². The fraction of sp³-hybridized carbons (Fsp3) is 0.0625. The van der Waals surface area contributed by atoms with Crippen LogP contribution in [0.15, 0.2) is 59.6 Å². The van der Waals surface area contributed by atoms with Gasteiger partial charge in [0.25, 0.3) is 0 Å². The zero-order valence-electron chi connectivity index (χ0n) is 10.9. The molecule has 106 valence electrons. The third-order valence-electron chi connectivity index (χ3n) is 3.07. The molecule has 3 aromatic rings. The second-order valence-corrected chi connectivity index (χ2v) is 6.87. The summed E-state index contributed by atoms with van der Waals surface area (Å²) in [4.78, 5) is 4.45. The summed E-state index contributed by atoms with van der Waals surface area (Å²) in [5.41, 5.74) is 1.76. The Kier molecular flexibility index (Phi) is 4.24. The van der Waals surface area contributed by atoms with Crippen LogP contribution in [0.4, 0.5) is 0 Å². The van der Waals surface area contributed by atoms with Gasteiger partial charge in [-0.1, -0.05) is 35.3 Å². The molecule has 21 heavy (non-hydrogen) atoms. The van der Waals surface area contributed by atoms with Crippen molar-refractivity contribution >= 4 is 44.9 Å². The summed E-state index contributed by atoms with van der Waals surface area (Å²) in [6, 6.07) is 16.5. The van der Waals surface area contributed by atoms with E-state index in [0.29, 0.717) is 20.8 Å². The molecule has 0 saturated heterocycles. The number of rotatable bonds is 3. The van der Waals surface area contributed by atoms with Crippen LogP contribution in [0.1, 0.15) is 5.56 Å². The summed E-state index contributed by atoms with van der Waals surface area (Å²) in [6.45, 7) is 0. The van der Waals surface area contributed by atoms with Gasteiger partial charge >= 0.3 is 0 Å². The summed E-state index contributed by atoms with van der Waals surface area (Å²) in [5, 5.41) is 2.85. The molecule has 3 rings (SSSR count). The summed E-state index contributed by atoms with van der Waals surface area (Å²) in [6.07, 6.45) is 0. The molecule has 2 aromatic carbocycles. The van der Waals surface area contributed by atoms with Gasteiger partial charge in [-0.15, -0.1) is 0 Å². The van der Waals surface area contributed by atoms with Crippen molar-refractivity contribution in [3.05, 3.63) is 70.2 Å². The lowest BCUT2D eigenvalue weighted by molar-refractivity contribution is 0.680. The van der Waals surface area contributed by atoms with Crippen LogP contribution < -0.4 is 0 Å². The Bertz CT molecular complexity index is 818. The molecule has 1 aromatic heterocycles. The van der Waals surface area contributed by atoms with E-state index in [2.05, 4.69) is 4.98 Å². The van der Waals surface area contributed by atoms with Crippen LogP contribution >= 0.6 is 23.2 Å².